The van der Waals surface area contributed by atoms with Crippen molar-refractivity contribution in [2.45, 2.75) is 26.3 Å². The molecule has 0 unspecified atom stereocenters. The summed E-state index contributed by atoms with van der Waals surface area (Å²) in [7, 11) is 0. The lowest BCUT2D eigenvalue weighted by Gasteiger charge is -2.32. The second-order valence-corrected chi connectivity index (χ2v) is 7.72. The minimum Gasteiger partial charge on any atom is -0.488 e. The number of ether oxygens (including phenoxy) is 1. The first-order chi connectivity index (χ1) is 14.0. The number of rotatable bonds is 4. The van der Waals surface area contributed by atoms with E-state index in [1.54, 1.807) is 27.9 Å². The Labute approximate surface area is 174 Å². The van der Waals surface area contributed by atoms with Crippen molar-refractivity contribution in [2.24, 2.45) is 5.92 Å². The molecule has 0 aliphatic carbocycles. The Hall–Kier alpha value is -2.80. The van der Waals surface area contributed by atoms with Gasteiger partial charge in [0, 0.05) is 42.3 Å². The van der Waals surface area contributed by atoms with E-state index >= 15 is 0 Å². The summed E-state index contributed by atoms with van der Waals surface area (Å²) in [5, 5.41) is 7.69. The number of nitrogens with zero attached hydrogens (tertiary/aromatic N) is 3. The van der Waals surface area contributed by atoms with Gasteiger partial charge in [0.1, 0.15) is 12.4 Å². The summed E-state index contributed by atoms with van der Waals surface area (Å²) >= 11 is 6.04. The standard InChI is InChI=1S/C21H23ClN4O3/c1-2-26-12-18(11-23-26)24-20(27)14-5-7-25(8-6-14)21(28)16-9-15-10-17(22)3-4-19(15)29-13-16/h3-4,9-12,14H,2,5-8,13H2,1H3,(H,24,27). The van der Waals surface area contributed by atoms with E-state index in [-0.39, 0.29) is 24.3 Å². The summed E-state index contributed by atoms with van der Waals surface area (Å²) in [6.07, 6.45) is 6.58. The third kappa shape index (κ3) is 4.29. The number of piperidine rings is 1. The van der Waals surface area contributed by atoms with E-state index in [1.807, 2.05) is 25.3 Å². The number of halogens is 1. The number of carbonyl (C=O) groups is 2. The van der Waals surface area contributed by atoms with Gasteiger partial charge in [0.25, 0.3) is 5.91 Å². The highest BCUT2D eigenvalue weighted by Crippen LogP contribution is 2.30. The average molecular weight is 415 g/mol. The average Bonchev–Trinajstić information content (AvgIpc) is 3.20. The normalized spacial score (nSPS) is 16.6. The van der Waals surface area contributed by atoms with Crippen LogP contribution in [0.2, 0.25) is 5.02 Å². The van der Waals surface area contributed by atoms with E-state index in [0.29, 0.717) is 42.2 Å². The van der Waals surface area contributed by atoms with Crippen LogP contribution in [0, 0.1) is 5.92 Å². The first-order valence-corrected chi connectivity index (χ1v) is 10.2. The first kappa shape index (κ1) is 19.5. The van der Waals surface area contributed by atoms with Gasteiger partial charge in [0.05, 0.1) is 17.5 Å². The molecule has 2 aliphatic rings. The molecule has 1 N–H and O–H groups in total. The Balaban J connectivity index is 1.34. The summed E-state index contributed by atoms with van der Waals surface area (Å²) in [5.41, 5.74) is 2.13. The van der Waals surface area contributed by atoms with Gasteiger partial charge in [0.2, 0.25) is 5.91 Å². The zero-order chi connectivity index (χ0) is 20.4. The molecule has 0 bridgehead atoms. The number of amides is 2. The van der Waals surface area contributed by atoms with Crippen molar-refractivity contribution in [3.63, 3.8) is 0 Å². The maximum absolute atomic E-state index is 12.9. The molecule has 1 aromatic heterocycles. The van der Waals surface area contributed by atoms with Crippen LogP contribution in [0.3, 0.4) is 0 Å². The molecule has 3 heterocycles. The molecule has 29 heavy (non-hydrogen) atoms. The van der Waals surface area contributed by atoms with Gasteiger partial charge in [-0.25, -0.2) is 0 Å². The van der Waals surface area contributed by atoms with E-state index in [9.17, 15) is 9.59 Å². The van der Waals surface area contributed by atoms with Gasteiger partial charge in [-0.1, -0.05) is 11.6 Å². The predicted octanol–water partition coefficient (Wildman–Crippen LogP) is 3.21. The number of carbonyl (C=O) groups excluding carboxylic acids is 2. The number of hydrogen-bond donors (Lipinski definition) is 1. The fourth-order valence-corrected chi connectivity index (χ4v) is 3.85. The lowest BCUT2D eigenvalue weighted by molar-refractivity contribution is -0.131. The monoisotopic (exact) mass is 414 g/mol. The molecule has 0 spiro atoms. The van der Waals surface area contributed by atoms with Gasteiger partial charge in [-0.2, -0.15) is 5.10 Å². The van der Waals surface area contributed by atoms with Gasteiger partial charge >= 0.3 is 0 Å². The second-order valence-electron chi connectivity index (χ2n) is 7.28. The number of benzene rings is 1. The molecule has 1 fully saturated rings. The molecular weight excluding hydrogens is 392 g/mol. The minimum atomic E-state index is -0.111. The number of nitrogens with one attached hydrogen (secondary N) is 1. The number of aromatic nitrogens is 2. The Morgan fingerprint density at radius 1 is 1.31 bits per heavy atom. The van der Waals surface area contributed by atoms with Crippen LogP contribution in [0.15, 0.2) is 36.2 Å². The van der Waals surface area contributed by atoms with Crippen molar-refractivity contribution in [1.29, 1.82) is 0 Å². The number of hydrogen-bond acceptors (Lipinski definition) is 4. The summed E-state index contributed by atoms with van der Waals surface area (Å²) in [6.45, 7) is 4.09. The molecule has 7 nitrogen and oxygen atoms in total. The van der Waals surface area contributed by atoms with Crippen molar-refractivity contribution >= 4 is 35.2 Å². The van der Waals surface area contributed by atoms with Crippen LogP contribution in [0.25, 0.3) is 6.08 Å². The second kappa shape index (κ2) is 8.29. The molecule has 0 radical (unpaired) electrons. The summed E-state index contributed by atoms with van der Waals surface area (Å²) < 4.78 is 7.46. The molecule has 0 atom stereocenters. The fourth-order valence-electron chi connectivity index (χ4n) is 3.67. The molecule has 1 aromatic carbocycles. The molecule has 8 heteroatoms. The highest BCUT2D eigenvalue weighted by atomic mass is 35.5. The molecule has 2 aromatic rings. The van der Waals surface area contributed by atoms with E-state index < -0.39 is 0 Å². The molecular formula is C21H23ClN4O3. The maximum atomic E-state index is 12.9. The van der Waals surface area contributed by atoms with E-state index in [4.69, 9.17) is 16.3 Å². The minimum absolute atomic E-state index is 0.0171. The van der Waals surface area contributed by atoms with Crippen molar-refractivity contribution in [3.8, 4) is 5.75 Å². The van der Waals surface area contributed by atoms with Crippen LogP contribution < -0.4 is 10.1 Å². The molecule has 0 saturated carbocycles. The van der Waals surface area contributed by atoms with Crippen LogP contribution >= 0.6 is 11.6 Å². The van der Waals surface area contributed by atoms with Crippen LogP contribution in [0.4, 0.5) is 5.69 Å². The van der Waals surface area contributed by atoms with Crippen molar-refractivity contribution < 1.29 is 14.3 Å². The number of likely N-dealkylation sites (tertiary alicyclic amines) is 1. The van der Waals surface area contributed by atoms with E-state index in [0.717, 1.165) is 17.9 Å². The van der Waals surface area contributed by atoms with Crippen molar-refractivity contribution in [3.05, 3.63) is 46.8 Å². The fraction of sp³-hybridized carbons (Fsp3) is 0.381. The van der Waals surface area contributed by atoms with E-state index in [2.05, 4.69) is 10.4 Å². The zero-order valence-electron chi connectivity index (χ0n) is 16.2. The Bertz CT molecular complexity index is 961. The predicted molar refractivity (Wildman–Crippen MR) is 111 cm³/mol. The van der Waals surface area contributed by atoms with E-state index in [1.165, 1.54) is 0 Å². The largest absolute Gasteiger partial charge is 0.488 e. The van der Waals surface area contributed by atoms with Gasteiger partial charge in [0.15, 0.2) is 0 Å². The SMILES string of the molecule is CCn1cc(NC(=O)C2CCN(C(=O)C3=Cc4cc(Cl)ccc4OC3)CC2)cn1. The Kier molecular flexibility index (Phi) is 5.58. The molecule has 152 valence electrons. The number of anilines is 1. The number of aryl methyl sites for hydroxylation is 1. The van der Waals surface area contributed by atoms with Crippen LogP contribution in [0.5, 0.6) is 5.75 Å². The lowest BCUT2D eigenvalue weighted by atomic mass is 9.95. The topological polar surface area (TPSA) is 76.5 Å². The lowest BCUT2D eigenvalue weighted by Crippen LogP contribution is -2.42. The van der Waals surface area contributed by atoms with Crippen molar-refractivity contribution in [2.75, 3.05) is 25.0 Å². The third-order valence-electron chi connectivity index (χ3n) is 5.34. The van der Waals surface area contributed by atoms with Gasteiger partial charge < -0.3 is 15.0 Å². The summed E-state index contributed by atoms with van der Waals surface area (Å²) in [5.74, 6) is 0.558. The van der Waals surface area contributed by atoms with Crippen LogP contribution in [0.1, 0.15) is 25.3 Å². The molecule has 2 aliphatic heterocycles. The van der Waals surface area contributed by atoms with Gasteiger partial charge in [-0.3, -0.25) is 14.3 Å². The van der Waals surface area contributed by atoms with Gasteiger partial charge in [-0.05, 0) is 44.0 Å². The van der Waals surface area contributed by atoms with Crippen LogP contribution in [-0.2, 0) is 16.1 Å². The highest BCUT2D eigenvalue weighted by Gasteiger charge is 2.30. The summed E-state index contributed by atoms with van der Waals surface area (Å²) in [4.78, 5) is 27.2. The van der Waals surface area contributed by atoms with Crippen LogP contribution in [-0.4, -0.2) is 46.2 Å². The Morgan fingerprint density at radius 2 is 2.10 bits per heavy atom. The molecule has 4 rings (SSSR count). The highest BCUT2D eigenvalue weighted by molar-refractivity contribution is 6.30. The quantitative estimate of drug-likeness (QED) is 0.833. The van der Waals surface area contributed by atoms with Gasteiger partial charge in [-0.15, -0.1) is 0 Å². The zero-order valence-corrected chi connectivity index (χ0v) is 17.0. The van der Waals surface area contributed by atoms with Crippen molar-refractivity contribution in [1.82, 2.24) is 14.7 Å². The molecule has 1 saturated heterocycles. The number of fused-ring (bicyclic) bond motifs is 1. The molecule has 2 amide bonds. The summed E-state index contributed by atoms with van der Waals surface area (Å²) in [6, 6.07) is 5.37. The smallest absolute Gasteiger partial charge is 0.253 e. The Morgan fingerprint density at radius 3 is 2.83 bits per heavy atom. The third-order valence-corrected chi connectivity index (χ3v) is 5.57. The first-order valence-electron chi connectivity index (χ1n) is 9.79. The maximum Gasteiger partial charge on any atom is 0.253 e.